The van der Waals surface area contributed by atoms with E-state index in [9.17, 15) is 9.59 Å². The number of aryl methyl sites for hydroxylation is 2. The molecule has 130 valence electrons. The highest BCUT2D eigenvalue weighted by Crippen LogP contribution is 2.27. The van der Waals surface area contributed by atoms with E-state index in [1.165, 1.54) is 5.56 Å². The monoisotopic (exact) mass is 328 g/mol. The molecule has 4 nitrogen and oxygen atoms in total. The molecule has 2 aliphatic heterocycles. The van der Waals surface area contributed by atoms with Gasteiger partial charge in [-0.15, -0.1) is 0 Å². The smallest absolute Gasteiger partial charge is 0.223 e. The normalized spacial score (nSPS) is 23.7. The number of nitrogens with zero attached hydrogens (tertiary/aromatic N) is 1. The molecule has 1 aromatic rings. The Labute approximate surface area is 144 Å². The van der Waals surface area contributed by atoms with Crippen molar-refractivity contribution in [3.8, 4) is 0 Å². The third kappa shape index (κ3) is 3.86. The molecular weight excluding hydrogens is 300 g/mol. The zero-order valence-electron chi connectivity index (χ0n) is 14.8. The Morgan fingerprint density at radius 1 is 1.04 bits per heavy atom. The Hall–Kier alpha value is -1.68. The van der Waals surface area contributed by atoms with E-state index in [0.717, 1.165) is 62.0 Å². The van der Waals surface area contributed by atoms with Gasteiger partial charge in [0.2, 0.25) is 5.91 Å². The molecule has 2 atom stereocenters. The number of carbonyl (C=O) groups excluding carboxylic acids is 2. The maximum atomic E-state index is 12.5. The fourth-order valence-corrected chi connectivity index (χ4v) is 3.91. The minimum absolute atomic E-state index is 0.0716. The van der Waals surface area contributed by atoms with Gasteiger partial charge in [0, 0.05) is 31.5 Å². The first-order valence-corrected chi connectivity index (χ1v) is 9.13. The second kappa shape index (κ2) is 7.47. The fraction of sp³-hybridized carbons (Fsp3) is 0.600. The summed E-state index contributed by atoms with van der Waals surface area (Å²) in [6.45, 7) is 7.94. The molecule has 1 N–H and O–H groups in total. The first-order valence-electron chi connectivity index (χ1n) is 9.13. The molecule has 0 bridgehead atoms. The number of amides is 1. The molecule has 2 aliphatic rings. The van der Waals surface area contributed by atoms with Crippen LogP contribution in [0.4, 0.5) is 0 Å². The summed E-state index contributed by atoms with van der Waals surface area (Å²) in [5.41, 5.74) is 3.04. The molecule has 24 heavy (non-hydrogen) atoms. The van der Waals surface area contributed by atoms with Crippen molar-refractivity contribution in [2.24, 2.45) is 11.8 Å². The molecule has 0 saturated carbocycles. The number of hydrogen-bond donors (Lipinski definition) is 1. The lowest BCUT2D eigenvalue weighted by molar-refractivity contribution is -0.131. The predicted octanol–water partition coefficient (Wildman–Crippen LogP) is 2.72. The number of hydrogen-bond acceptors (Lipinski definition) is 3. The van der Waals surface area contributed by atoms with Gasteiger partial charge in [-0.1, -0.05) is 12.1 Å². The number of nitrogens with one attached hydrogen (secondary N) is 1. The predicted molar refractivity (Wildman–Crippen MR) is 95.1 cm³/mol. The van der Waals surface area contributed by atoms with Crippen LogP contribution < -0.4 is 5.32 Å². The summed E-state index contributed by atoms with van der Waals surface area (Å²) in [7, 11) is 0. The van der Waals surface area contributed by atoms with Crippen LogP contribution >= 0.6 is 0 Å². The summed E-state index contributed by atoms with van der Waals surface area (Å²) < 4.78 is 0. The number of benzene rings is 1. The van der Waals surface area contributed by atoms with Gasteiger partial charge in [0.1, 0.15) is 0 Å². The van der Waals surface area contributed by atoms with E-state index >= 15 is 0 Å². The zero-order chi connectivity index (χ0) is 17.1. The van der Waals surface area contributed by atoms with Crippen LogP contribution in [0.5, 0.6) is 0 Å². The van der Waals surface area contributed by atoms with Crippen molar-refractivity contribution in [3.05, 3.63) is 34.9 Å². The van der Waals surface area contributed by atoms with E-state index in [0.29, 0.717) is 12.8 Å². The molecule has 0 aromatic heterocycles. The maximum Gasteiger partial charge on any atom is 0.223 e. The second-order valence-electron chi connectivity index (χ2n) is 7.36. The molecule has 3 rings (SSSR count). The SMILES string of the molecule is Cc1ccc(C(=O)CCC(=O)N2CC[C@@H]3CNC[C@@H]3CC2)cc1C. The van der Waals surface area contributed by atoms with Gasteiger partial charge in [0.05, 0.1) is 0 Å². The maximum absolute atomic E-state index is 12.5. The van der Waals surface area contributed by atoms with Crippen LogP contribution in [0, 0.1) is 25.7 Å². The molecule has 2 saturated heterocycles. The minimum Gasteiger partial charge on any atom is -0.343 e. The highest BCUT2D eigenvalue weighted by molar-refractivity contribution is 5.98. The van der Waals surface area contributed by atoms with Crippen molar-refractivity contribution < 1.29 is 9.59 Å². The van der Waals surface area contributed by atoms with E-state index in [2.05, 4.69) is 5.32 Å². The molecule has 1 aromatic carbocycles. The van der Waals surface area contributed by atoms with Gasteiger partial charge in [-0.05, 0) is 68.8 Å². The van der Waals surface area contributed by atoms with Gasteiger partial charge in [0.25, 0.3) is 0 Å². The lowest BCUT2D eigenvalue weighted by Gasteiger charge is -2.20. The van der Waals surface area contributed by atoms with Crippen LogP contribution in [0.1, 0.15) is 47.2 Å². The quantitative estimate of drug-likeness (QED) is 0.865. The van der Waals surface area contributed by atoms with Crippen LogP contribution in [0.25, 0.3) is 0 Å². The summed E-state index contributed by atoms with van der Waals surface area (Å²) in [6, 6.07) is 5.78. The van der Waals surface area contributed by atoms with Crippen LogP contribution in [0.2, 0.25) is 0 Å². The molecule has 4 heteroatoms. The topological polar surface area (TPSA) is 49.4 Å². The standard InChI is InChI=1S/C20H28N2O2/c1-14-3-4-16(11-15(14)2)19(23)5-6-20(24)22-9-7-17-12-21-13-18(17)8-10-22/h3-4,11,17-18,21H,5-10,12-13H2,1-2H3/t17-,18+. The van der Waals surface area contributed by atoms with E-state index in [4.69, 9.17) is 0 Å². The number of likely N-dealkylation sites (tertiary alicyclic amines) is 1. The lowest BCUT2D eigenvalue weighted by atomic mass is 9.92. The van der Waals surface area contributed by atoms with Gasteiger partial charge < -0.3 is 10.2 Å². The van der Waals surface area contributed by atoms with Crippen molar-refractivity contribution in [2.45, 2.75) is 39.5 Å². The van der Waals surface area contributed by atoms with Crippen molar-refractivity contribution >= 4 is 11.7 Å². The van der Waals surface area contributed by atoms with Gasteiger partial charge in [-0.2, -0.15) is 0 Å². The van der Waals surface area contributed by atoms with Crippen molar-refractivity contribution in [1.82, 2.24) is 10.2 Å². The Morgan fingerprint density at radius 3 is 2.33 bits per heavy atom. The fourth-order valence-electron chi connectivity index (χ4n) is 3.91. The highest BCUT2D eigenvalue weighted by atomic mass is 16.2. The van der Waals surface area contributed by atoms with Crippen LogP contribution in [-0.4, -0.2) is 42.8 Å². The van der Waals surface area contributed by atoms with E-state index < -0.39 is 0 Å². The molecule has 1 amide bonds. The summed E-state index contributed by atoms with van der Waals surface area (Å²) in [4.78, 5) is 26.8. The number of Topliss-reactive ketones (excluding diaryl/α,β-unsaturated/α-hetero) is 1. The zero-order valence-corrected chi connectivity index (χ0v) is 14.8. The minimum atomic E-state index is 0.0716. The number of carbonyl (C=O) groups is 2. The Kier molecular flexibility index (Phi) is 5.34. The lowest BCUT2D eigenvalue weighted by Crippen LogP contribution is -2.32. The molecule has 2 fully saturated rings. The van der Waals surface area contributed by atoms with E-state index in [1.807, 2.05) is 36.9 Å². The molecular formula is C20H28N2O2. The van der Waals surface area contributed by atoms with Gasteiger partial charge in [0.15, 0.2) is 5.78 Å². The average molecular weight is 328 g/mol. The molecule has 0 unspecified atom stereocenters. The Balaban J connectivity index is 1.51. The van der Waals surface area contributed by atoms with E-state index in [1.54, 1.807) is 0 Å². The third-order valence-corrected chi connectivity index (χ3v) is 5.77. The highest BCUT2D eigenvalue weighted by Gasteiger charge is 2.31. The molecule has 0 radical (unpaired) electrons. The van der Waals surface area contributed by atoms with Crippen molar-refractivity contribution in [2.75, 3.05) is 26.2 Å². The largest absolute Gasteiger partial charge is 0.343 e. The summed E-state index contributed by atoms with van der Waals surface area (Å²) in [6.07, 6.45) is 2.83. The van der Waals surface area contributed by atoms with Crippen molar-refractivity contribution in [3.63, 3.8) is 0 Å². The van der Waals surface area contributed by atoms with E-state index in [-0.39, 0.29) is 11.7 Å². The molecule has 2 heterocycles. The van der Waals surface area contributed by atoms with Gasteiger partial charge in [-0.25, -0.2) is 0 Å². The Morgan fingerprint density at radius 2 is 1.71 bits per heavy atom. The molecule has 0 spiro atoms. The Bertz CT molecular complexity index is 612. The summed E-state index contributed by atoms with van der Waals surface area (Å²) >= 11 is 0. The second-order valence-corrected chi connectivity index (χ2v) is 7.36. The number of rotatable bonds is 4. The third-order valence-electron chi connectivity index (χ3n) is 5.77. The summed E-state index contributed by atoms with van der Waals surface area (Å²) in [5.74, 6) is 1.65. The first-order chi connectivity index (χ1) is 11.5. The van der Waals surface area contributed by atoms with Gasteiger partial charge in [-0.3, -0.25) is 9.59 Å². The first kappa shape index (κ1) is 17.2. The van der Waals surface area contributed by atoms with Gasteiger partial charge >= 0.3 is 0 Å². The van der Waals surface area contributed by atoms with Crippen LogP contribution in [0.3, 0.4) is 0 Å². The van der Waals surface area contributed by atoms with Crippen LogP contribution in [-0.2, 0) is 4.79 Å². The average Bonchev–Trinajstić information content (AvgIpc) is 2.93. The summed E-state index contributed by atoms with van der Waals surface area (Å²) in [5, 5.41) is 3.45. The number of fused-ring (bicyclic) bond motifs is 1. The van der Waals surface area contributed by atoms with Crippen molar-refractivity contribution in [1.29, 1.82) is 0 Å². The van der Waals surface area contributed by atoms with Crippen LogP contribution in [0.15, 0.2) is 18.2 Å². The number of ketones is 1. The molecule has 0 aliphatic carbocycles.